The minimum absolute atomic E-state index is 0.0397. The van der Waals surface area contributed by atoms with E-state index in [1.807, 2.05) is 0 Å². The molecule has 0 radical (unpaired) electrons. The number of carbonyl (C=O) groups is 2. The monoisotopic (exact) mass is 469 g/mol. The number of amides is 1. The first-order valence-corrected chi connectivity index (χ1v) is 11.0. The quantitative estimate of drug-likeness (QED) is 0.653. The molecule has 2 aromatic carbocycles. The van der Waals surface area contributed by atoms with Crippen molar-refractivity contribution in [3.8, 4) is 0 Å². The molecule has 3 rings (SSSR count). The highest BCUT2D eigenvalue weighted by Gasteiger charge is 2.31. The molecule has 0 aromatic heterocycles. The van der Waals surface area contributed by atoms with Gasteiger partial charge in [-0.25, -0.2) is 13.2 Å². The summed E-state index contributed by atoms with van der Waals surface area (Å²) in [6, 6.07) is 9.77. The largest absolute Gasteiger partial charge is 0.451 e. The molecule has 11 heteroatoms. The number of carbonyl (C=O) groups excluding carboxylic acids is 2. The van der Waals surface area contributed by atoms with E-state index in [0.29, 0.717) is 10.6 Å². The van der Waals surface area contributed by atoms with Gasteiger partial charge in [0.2, 0.25) is 0 Å². The van der Waals surface area contributed by atoms with E-state index in [9.17, 15) is 18.0 Å². The normalized spacial score (nSPS) is 17.5. The van der Waals surface area contributed by atoms with Crippen molar-refractivity contribution in [2.45, 2.75) is 30.9 Å². The second-order valence-electron chi connectivity index (χ2n) is 6.45. The summed E-state index contributed by atoms with van der Waals surface area (Å²) in [4.78, 5) is 28.9. The van der Waals surface area contributed by atoms with Gasteiger partial charge in [-0.1, -0.05) is 35.3 Å². The number of aliphatic imine (C=N–C) groups is 1. The van der Waals surface area contributed by atoms with Crippen molar-refractivity contribution in [2.24, 2.45) is 4.99 Å². The van der Waals surface area contributed by atoms with E-state index in [2.05, 4.69) is 15.0 Å². The zero-order chi connectivity index (χ0) is 22.1. The van der Waals surface area contributed by atoms with E-state index in [0.717, 1.165) is 0 Å². The molecule has 1 aliphatic rings. The molecule has 2 atom stereocenters. The topological polar surface area (TPSA) is 114 Å². The highest BCUT2D eigenvalue weighted by molar-refractivity contribution is 7.90. The Labute approximate surface area is 183 Å². The lowest BCUT2D eigenvalue weighted by Crippen LogP contribution is -2.34. The number of anilines is 1. The van der Waals surface area contributed by atoms with Gasteiger partial charge in [-0.15, -0.1) is 0 Å². The van der Waals surface area contributed by atoms with Gasteiger partial charge in [0, 0.05) is 10.6 Å². The summed E-state index contributed by atoms with van der Waals surface area (Å²) in [6.07, 6.45) is -1.15. The number of nitrogens with one attached hydrogen (secondary N) is 2. The van der Waals surface area contributed by atoms with Gasteiger partial charge in [0.05, 0.1) is 15.6 Å². The summed E-state index contributed by atoms with van der Waals surface area (Å²) in [7, 11) is -3.73. The van der Waals surface area contributed by atoms with E-state index in [4.69, 9.17) is 27.9 Å². The van der Waals surface area contributed by atoms with Crippen molar-refractivity contribution < 1.29 is 22.7 Å². The third-order valence-electron chi connectivity index (χ3n) is 4.18. The van der Waals surface area contributed by atoms with Crippen molar-refractivity contribution in [1.82, 2.24) is 4.72 Å². The number of ether oxygens (including phenoxy) is 1. The summed E-state index contributed by atoms with van der Waals surface area (Å²) in [5, 5.41) is 3.19. The van der Waals surface area contributed by atoms with Crippen LogP contribution < -0.4 is 10.0 Å². The van der Waals surface area contributed by atoms with Crippen LogP contribution in [0.25, 0.3) is 0 Å². The second kappa shape index (κ2) is 8.63. The molecule has 0 saturated carbocycles. The lowest BCUT2D eigenvalue weighted by atomic mass is 10.2. The molecule has 8 nitrogen and oxygen atoms in total. The molecular formula is C19H17Cl2N3O5S. The van der Waals surface area contributed by atoms with Crippen molar-refractivity contribution in [2.75, 3.05) is 5.32 Å². The number of amidine groups is 1. The van der Waals surface area contributed by atoms with E-state index in [1.54, 1.807) is 24.3 Å². The van der Waals surface area contributed by atoms with Gasteiger partial charge in [0.25, 0.3) is 15.9 Å². The van der Waals surface area contributed by atoms with Crippen LogP contribution in [0.15, 0.2) is 52.4 Å². The lowest BCUT2D eigenvalue weighted by Gasteiger charge is -2.16. The zero-order valence-electron chi connectivity index (χ0n) is 15.8. The van der Waals surface area contributed by atoms with Crippen LogP contribution in [-0.2, 0) is 24.3 Å². The predicted octanol–water partition coefficient (Wildman–Crippen LogP) is 2.99. The Balaban J connectivity index is 1.68. The molecule has 2 N–H and O–H groups in total. The smallest absolute Gasteiger partial charge is 0.331 e. The summed E-state index contributed by atoms with van der Waals surface area (Å²) in [6.45, 7) is 2.82. The summed E-state index contributed by atoms with van der Waals surface area (Å²) in [5.41, 5.74) is 0.640. The molecule has 1 unspecified atom stereocenters. The standard InChI is InChI=1S/C19H17Cl2N3O5S/c1-10(22-17-13-5-3-4-6-16(13)30(27,28)24-17)19(26)29-11(2)18(25)23-15-9-12(20)7-8-14(15)21/h3-11H,1-2H3,(H,22,24)(H,23,25)/t10-,11?/m0/s1. The van der Waals surface area contributed by atoms with E-state index in [1.165, 1.54) is 32.0 Å². The first-order valence-electron chi connectivity index (χ1n) is 8.75. The summed E-state index contributed by atoms with van der Waals surface area (Å²) in [5.74, 6) is -1.37. The number of rotatable bonds is 5. The molecule has 0 saturated heterocycles. The van der Waals surface area contributed by atoms with E-state index >= 15 is 0 Å². The molecule has 1 aliphatic heterocycles. The molecule has 1 amide bonds. The van der Waals surface area contributed by atoms with Gasteiger partial charge >= 0.3 is 5.97 Å². The van der Waals surface area contributed by atoms with Crippen LogP contribution >= 0.6 is 23.2 Å². The molecule has 0 fully saturated rings. The van der Waals surface area contributed by atoms with Crippen molar-refractivity contribution >= 4 is 56.6 Å². The molecule has 0 aliphatic carbocycles. The Hall–Kier alpha value is -2.62. The maximum Gasteiger partial charge on any atom is 0.331 e. The highest BCUT2D eigenvalue weighted by atomic mass is 35.5. The number of benzene rings is 2. The Kier molecular flexibility index (Phi) is 6.35. The van der Waals surface area contributed by atoms with Gasteiger partial charge in [-0.05, 0) is 44.2 Å². The lowest BCUT2D eigenvalue weighted by molar-refractivity contribution is -0.153. The number of halogens is 2. The van der Waals surface area contributed by atoms with Gasteiger partial charge in [0.15, 0.2) is 6.10 Å². The number of sulfonamides is 1. The number of hydrogen-bond acceptors (Lipinski definition) is 6. The van der Waals surface area contributed by atoms with Crippen LogP contribution in [0.4, 0.5) is 5.69 Å². The van der Waals surface area contributed by atoms with Crippen LogP contribution in [0, 0.1) is 0 Å². The van der Waals surface area contributed by atoms with E-state index < -0.39 is 34.0 Å². The maximum atomic E-state index is 12.4. The Morgan fingerprint density at radius 3 is 2.57 bits per heavy atom. The van der Waals surface area contributed by atoms with Crippen LogP contribution in [0.2, 0.25) is 10.0 Å². The van der Waals surface area contributed by atoms with Gasteiger partial charge in [-0.3, -0.25) is 14.5 Å². The van der Waals surface area contributed by atoms with Crippen molar-refractivity contribution in [1.29, 1.82) is 0 Å². The van der Waals surface area contributed by atoms with Gasteiger partial charge in [-0.2, -0.15) is 0 Å². The number of hydrogen-bond donors (Lipinski definition) is 2. The minimum atomic E-state index is -3.73. The molecular weight excluding hydrogens is 453 g/mol. The number of esters is 1. The first-order chi connectivity index (χ1) is 14.1. The SMILES string of the molecule is CC(OC(=O)[C@H](C)N=C1NS(=O)(=O)c2ccccc21)C(=O)Nc1cc(Cl)ccc1Cl. The van der Waals surface area contributed by atoms with E-state index in [-0.39, 0.29) is 21.4 Å². The Morgan fingerprint density at radius 1 is 1.13 bits per heavy atom. The number of nitrogens with zero attached hydrogens (tertiary/aromatic N) is 1. The van der Waals surface area contributed by atoms with Gasteiger partial charge in [0.1, 0.15) is 11.9 Å². The summed E-state index contributed by atoms with van der Waals surface area (Å²) >= 11 is 11.9. The Bertz CT molecular complexity index is 1150. The second-order valence-corrected chi connectivity index (χ2v) is 8.94. The van der Waals surface area contributed by atoms with Crippen molar-refractivity contribution in [3.63, 3.8) is 0 Å². The van der Waals surface area contributed by atoms with Gasteiger partial charge < -0.3 is 10.1 Å². The first kappa shape index (κ1) is 22.1. The minimum Gasteiger partial charge on any atom is -0.451 e. The van der Waals surface area contributed by atoms with Crippen LogP contribution in [0.5, 0.6) is 0 Å². The maximum absolute atomic E-state index is 12.4. The fourth-order valence-corrected chi connectivity index (χ4v) is 4.21. The molecule has 30 heavy (non-hydrogen) atoms. The molecule has 158 valence electrons. The Morgan fingerprint density at radius 2 is 1.83 bits per heavy atom. The highest BCUT2D eigenvalue weighted by Crippen LogP contribution is 2.26. The van der Waals surface area contributed by atoms with Crippen LogP contribution in [-0.4, -0.2) is 38.3 Å². The molecule has 2 aromatic rings. The third kappa shape index (κ3) is 4.75. The van der Waals surface area contributed by atoms with Crippen LogP contribution in [0.3, 0.4) is 0 Å². The predicted molar refractivity (Wildman–Crippen MR) is 113 cm³/mol. The molecule has 1 heterocycles. The van der Waals surface area contributed by atoms with Crippen LogP contribution in [0.1, 0.15) is 19.4 Å². The molecule has 0 bridgehead atoms. The fraction of sp³-hybridized carbons (Fsp3) is 0.211. The fourth-order valence-electron chi connectivity index (χ4n) is 2.63. The average molecular weight is 470 g/mol. The van der Waals surface area contributed by atoms with Crippen molar-refractivity contribution in [3.05, 3.63) is 58.1 Å². The zero-order valence-corrected chi connectivity index (χ0v) is 18.2. The average Bonchev–Trinajstić information content (AvgIpc) is 2.95. The molecule has 0 spiro atoms. The third-order valence-corrected chi connectivity index (χ3v) is 6.14. The number of fused-ring (bicyclic) bond motifs is 1. The summed E-state index contributed by atoms with van der Waals surface area (Å²) < 4.78 is 31.7.